The number of hydrogen-bond donors (Lipinski definition) is 1. The van der Waals surface area contributed by atoms with Gasteiger partial charge in [-0.15, -0.1) is 0 Å². The molecule has 2 rings (SSSR count). The average molecular weight is 263 g/mol. The van der Waals surface area contributed by atoms with Crippen LogP contribution in [0.2, 0.25) is 0 Å². The van der Waals surface area contributed by atoms with Gasteiger partial charge in [-0.25, -0.2) is 4.98 Å². The Morgan fingerprint density at radius 3 is 2.72 bits per heavy atom. The molecule has 0 aliphatic heterocycles. The number of benzene rings is 1. The van der Waals surface area contributed by atoms with Crippen molar-refractivity contribution in [3.63, 3.8) is 0 Å². The maximum atomic E-state index is 5.13. The number of methoxy groups -OCH3 is 1. The minimum atomic E-state index is 0.758. The molecule has 0 aliphatic rings. The van der Waals surface area contributed by atoms with E-state index in [1.807, 2.05) is 24.3 Å². The van der Waals surface area contributed by atoms with Crippen molar-refractivity contribution >= 4 is 16.7 Å². The number of aromatic nitrogens is 2. The predicted octanol–water partition coefficient (Wildman–Crippen LogP) is 2.96. The number of ether oxygens (including phenoxy) is 1. The van der Waals surface area contributed by atoms with Gasteiger partial charge in [-0.2, -0.15) is 4.37 Å². The first-order valence-corrected chi connectivity index (χ1v) is 6.78. The van der Waals surface area contributed by atoms with Gasteiger partial charge in [0.1, 0.15) is 11.6 Å². The van der Waals surface area contributed by atoms with E-state index < -0.39 is 0 Å². The first-order valence-electron chi connectivity index (χ1n) is 6.01. The number of nitrogens with one attached hydrogen (secondary N) is 1. The maximum absolute atomic E-state index is 5.13. The summed E-state index contributed by atoms with van der Waals surface area (Å²) in [5.74, 6) is 1.74. The Hall–Kier alpha value is -1.62. The summed E-state index contributed by atoms with van der Waals surface area (Å²) in [7, 11) is 1.67. The molecule has 0 bridgehead atoms. The summed E-state index contributed by atoms with van der Waals surface area (Å²) in [6.45, 7) is 3.07. The lowest BCUT2D eigenvalue weighted by atomic mass is 10.1. The zero-order chi connectivity index (χ0) is 12.8. The van der Waals surface area contributed by atoms with Gasteiger partial charge < -0.3 is 10.1 Å². The topological polar surface area (TPSA) is 47.0 Å². The van der Waals surface area contributed by atoms with Crippen LogP contribution in [0.5, 0.6) is 5.75 Å². The van der Waals surface area contributed by atoms with E-state index >= 15 is 0 Å². The highest BCUT2D eigenvalue weighted by molar-refractivity contribution is 7.09. The van der Waals surface area contributed by atoms with E-state index in [0.717, 1.165) is 36.1 Å². The molecule has 0 radical (unpaired) electrons. The minimum Gasteiger partial charge on any atom is -0.497 e. The molecule has 1 aromatic heterocycles. The highest BCUT2D eigenvalue weighted by atomic mass is 32.1. The van der Waals surface area contributed by atoms with E-state index in [1.165, 1.54) is 17.1 Å². The van der Waals surface area contributed by atoms with Crippen molar-refractivity contribution in [1.82, 2.24) is 9.36 Å². The molecule has 0 fully saturated rings. The van der Waals surface area contributed by atoms with Crippen LogP contribution in [0.1, 0.15) is 24.7 Å². The molecule has 1 N–H and O–H groups in total. The Morgan fingerprint density at radius 2 is 2.06 bits per heavy atom. The van der Waals surface area contributed by atoms with Gasteiger partial charge in [-0.3, -0.25) is 0 Å². The summed E-state index contributed by atoms with van der Waals surface area (Å²) < 4.78 is 9.47. The van der Waals surface area contributed by atoms with Crippen LogP contribution in [-0.4, -0.2) is 23.0 Å². The third-order valence-electron chi connectivity index (χ3n) is 2.52. The second-order valence-electron chi connectivity index (χ2n) is 3.97. The fourth-order valence-corrected chi connectivity index (χ4v) is 2.17. The normalized spacial score (nSPS) is 10.3. The third-order valence-corrected chi connectivity index (χ3v) is 3.23. The summed E-state index contributed by atoms with van der Waals surface area (Å²) in [4.78, 5) is 4.45. The number of rotatable bonds is 6. The van der Waals surface area contributed by atoms with Gasteiger partial charge >= 0.3 is 0 Å². The van der Waals surface area contributed by atoms with Crippen LogP contribution < -0.4 is 10.1 Å². The number of nitrogens with zero attached hydrogens (tertiary/aromatic N) is 2. The van der Waals surface area contributed by atoms with E-state index in [2.05, 4.69) is 21.6 Å². The van der Waals surface area contributed by atoms with E-state index in [9.17, 15) is 0 Å². The molecule has 0 aliphatic carbocycles. The van der Waals surface area contributed by atoms with Crippen molar-refractivity contribution < 1.29 is 4.74 Å². The molecular weight excluding hydrogens is 246 g/mol. The largest absolute Gasteiger partial charge is 0.497 e. The molecule has 0 saturated carbocycles. The van der Waals surface area contributed by atoms with Gasteiger partial charge in [0, 0.05) is 24.5 Å². The smallest absolute Gasteiger partial charge is 0.202 e. The van der Waals surface area contributed by atoms with E-state index in [1.54, 1.807) is 7.11 Å². The van der Waals surface area contributed by atoms with Crippen LogP contribution in [0, 0.1) is 0 Å². The SMILES string of the molecule is CCCNc1nc(Cc2ccc(OC)cc2)ns1. The summed E-state index contributed by atoms with van der Waals surface area (Å²) in [5, 5.41) is 4.15. The van der Waals surface area contributed by atoms with Crippen molar-refractivity contribution in [1.29, 1.82) is 0 Å². The molecule has 96 valence electrons. The Balaban J connectivity index is 1.97. The van der Waals surface area contributed by atoms with Crippen LogP contribution in [0.4, 0.5) is 5.13 Å². The van der Waals surface area contributed by atoms with Crippen LogP contribution in [0.15, 0.2) is 24.3 Å². The Kier molecular flexibility index (Phi) is 4.52. The van der Waals surface area contributed by atoms with Gasteiger partial charge in [0.25, 0.3) is 0 Å². The van der Waals surface area contributed by atoms with Crippen LogP contribution in [-0.2, 0) is 6.42 Å². The molecule has 5 heteroatoms. The quantitative estimate of drug-likeness (QED) is 0.870. The molecule has 1 heterocycles. The second kappa shape index (κ2) is 6.35. The summed E-state index contributed by atoms with van der Waals surface area (Å²) >= 11 is 1.42. The van der Waals surface area contributed by atoms with Crippen LogP contribution >= 0.6 is 11.5 Å². The molecule has 1 aromatic carbocycles. The van der Waals surface area contributed by atoms with Gasteiger partial charge in [0.05, 0.1) is 7.11 Å². The Labute approximate surface area is 111 Å². The van der Waals surface area contributed by atoms with Crippen molar-refractivity contribution in [3.05, 3.63) is 35.7 Å². The zero-order valence-corrected chi connectivity index (χ0v) is 11.5. The molecule has 0 spiro atoms. The van der Waals surface area contributed by atoms with Gasteiger partial charge in [-0.1, -0.05) is 19.1 Å². The average Bonchev–Trinajstić information content (AvgIpc) is 2.85. The van der Waals surface area contributed by atoms with Crippen molar-refractivity contribution in [2.75, 3.05) is 19.0 Å². The lowest BCUT2D eigenvalue weighted by molar-refractivity contribution is 0.414. The van der Waals surface area contributed by atoms with Crippen molar-refractivity contribution in [2.24, 2.45) is 0 Å². The van der Waals surface area contributed by atoms with Gasteiger partial charge in [0.15, 0.2) is 0 Å². The summed E-state index contributed by atoms with van der Waals surface area (Å²) in [6, 6.07) is 7.99. The molecule has 4 nitrogen and oxygen atoms in total. The Morgan fingerprint density at radius 1 is 1.28 bits per heavy atom. The lowest BCUT2D eigenvalue weighted by Crippen LogP contribution is -1.99. The minimum absolute atomic E-state index is 0.758. The number of hydrogen-bond acceptors (Lipinski definition) is 5. The molecule has 0 amide bonds. The predicted molar refractivity (Wildman–Crippen MR) is 74.5 cm³/mol. The van der Waals surface area contributed by atoms with E-state index in [-0.39, 0.29) is 0 Å². The first-order chi connectivity index (χ1) is 8.81. The third kappa shape index (κ3) is 3.43. The van der Waals surface area contributed by atoms with E-state index in [0.29, 0.717) is 0 Å². The van der Waals surface area contributed by atoms with Crippen LogP contribution in [0.25, 0.3) is 0 Å². The summed E-state index contributed by atoms with van der Waals surface area (Å²) in [5.41, 5.74) is 1.19. The standard InChI is InChI=1S/C13H17N3OS/c1-3-8-14-13-15-12(16-18-13)9-10-4-6-11(17-2)7-5-10/h4-7H,3,8-9H2,1-2H3,(H,14,15,16). The molecular formula is C13H17N3OS. The Bertz CT molecular complexity index is 481. The molecule has 0 saturated heterocycles. The van der Waals surface area contributed by atoms with Gasteiger partial charge in [-0.05, 0) is 24.1 Å². The lowest BCUT2D eigenvalue weighted by Gasteiger charge is -2.01. The monoisotopic (exact) mass is 263 g/mol. The van der Waals surface area contributed by atoms with Crippen molar-refractivity contribution in [2.45, 2.75) is 19.8 Å². The molecule has 2 aromatic rings. The second-order valence-corrected chi connectivity index (χ2v) is 4.72. The highest BCUT2D eigenvalue weighted by Gasteiger charge is 2.04. The fraction of sp³-hybridized carbons (Fsp3) is 0.385. The number of anilines is 1. The van der Waals surface area contributed by atoms with Crippen molar-refractivity contribution in [3.8, 4) is 5.75 Å². The summed E-state index contributed by atoms with van der Waals surface area (Å²) in [6.07, 6.45) is 1.85. The van der Waals surface area contributed by atoms with E-state index in [4.69, 9.17) is 4.74 Å². The van der Waals surface area contributed by atoms with Gasteiger partial charge in [0.2, 0.25) is 5.13 Å². The molecule has 0 unspecified atom stereocenters. The van der Waals surface area contributed by atoms with Crippen LogP contribution in [0.3, 0.4) is 0 Å². The maximum Gasteiger partial charge on any atom is 0.202 e. The molecule has 18 heavy (non-hydrogen) atoms. The molecule has 0 atom stereocenters. The fourth-order valence-electron chi connectivity index (χ4n) is 1.56. The highest BCUT2D eigenvalue weighted by Crippen LogP contribution is 2.16. The zero-order valence-electron chi connectivity index (χ0n) is 10.6. The first kappa shape index (κ1) is 12.8.